The lowest BCUT2D eigenvalue weighted by Crippen LogP contribution is -2.30. The zero-order valence-corrected chi connectivity index (χ0v) is 21.6. The van der Waals surface area contributed by atoms with Gasteiger partial charge in [-0.25, -0.2) is 12.8 Å². The maximum Gasteiger partial charge on any atom is 0.264 e. The van der Waals surface area contributed by atoms with Crippen LogP contribution in [0.2, 0.25) is 0 Å². The number of halogens is 1. The molecule has 0 radical (unpaired) electrons. The van der Waals surface area contributed by atoms with E-state index in [1.54, 1.807) is 24.3 Å². The molecule has 37 heavy (non-hydrogen) atoms. The number of para-hydroxylation sites is 1. The van der Waals surface area contributed by atoms with E-state index < -0.39 is 10.0 Å². The summed E-state index contributed by atoms with van der Waals surface area (Å²) in [6.45, 7) is 0.756. The molecule has 0 saturated heterocycles. The summed E-state index contributed by atoms with van der Waals surface area (Å²) in [4.78, 5) is 14.7. The summed E-state index contributed by atoms with van der Waals surface area (Å²) in [6, 6.07) is 27.8. The number of carbonyl (C=O) groups excluding carboxylic acids is 1. The van der Waals surface area contributed by atoms with E-state index in [-0.39, 0.29) is 22.2 Å². The van der Waals surface area contributed by atoms with E-state index in [0.717, 1.165) is 16.0 Å². The Kier molecular flexibility index (Phi) is 7.30. The van der Waals surface area contributed by atoms with E-state index in [9.17, 15) is 17.6 Å². The van der Waals surface area contributed by atoms with E-state index in [1.807, 2.05) is 48.5 Å². The Morgan fingerprint density at radius 1 is 0.919 bits per heavy atom. The number of amides is 1. The number of hydrogen-bond donors (Lipinski definition) is 1. The molecule has 4 aromatic rings. The normalized spacial score (nSPS) is 12.8. The summed E-state index contributed by atoms with van der Waals surface area (Å²) < 4.78 is 42.1. The molecule has 0 unspecified atom stereocenters. The molecule has 1 heterocycles. The number of nitrogens with zero attached hydrogens (tertiary/aromatic N) is 1. The quantitative estimate of drug-likeness (QED) is 0.316. The Balaban J connectivity index is 1.45. The predicted molar refractivity (Wildman–Crippen MR) is 144 cm³/mol. The number of carbonyl (C=O) groups is 1. The predicted octanol–water partition coefficient (Wildman–Crippen LogP) is 5.70. The van der Waals surface area contributed by atoms with Crippen LogP contribution in [-0.4, -0.2) is 27.4 Å². The monoisotopic (exact) mass is 532 g/mol. The standard InChI is InChI=1S/C29H25FN2O3S2/c30-23-10-12-24(13-11-23)36-28-15-14-25(37(34,35)32-19-17-22-8-4-5-9-27(22)32)20-26(28)29(33)31-18-16-21-6-2-1-3-7-21/h1-15,20H,16-19H2,(H,31,33). The number of rotatable bonds is 8. The van der Waals surface area contributed by atoms with Gasteiger partial charge in [0.2, 0.25) is 0 Å². The van der Waals surface area contributed by atoms with Crippen molar-refractivity contribution in [2.75, 3.05) is 17.4 Å². The Morgan fingerprint density at radius 2 is 1.65 bits per heavy atom. The maximum absolute atomic E-state index is 13.6. The first-order chi connectivity index (χ1) is 17.9. The molecule has 8 heteroatoms. The van der Waals surface area contributed by atoms with Gasteiger partial charge in [-0.1, -0.05) is 60.3 Å². The molecule has 1 aliphatic rings. The molecule has 0 bridgehead atoms. The third-order valence-corrected chi connectivity index (χ3v) is 9.10. The third-order valence-electron chi connectivity index (χ3n) is 6.21. The molecule has 0 atom stereocenters. The van der Waals surface area contributed by atoms with Gasteiger partial charge in [0.05, 0.1) is 16.1 Å². The van der Waals surface area contributed by atoms with E-state index >= 15 is 0 Å². The molecule has 1 aliphatic heterocycles. The lowest BCUT2D eigenvalue weighted by atomic mass is 10.1. The Labute approximate surface area is 220 Å². The van der Waals surface area contributed by atoms with Crippen LogP contribution < -0.4 is 9.62 Å². The molecule has 1 N–H and O–H groups in total. The molecule has 5 rings (SSSR count). The average molecular weight is 533 g/mol. The van der Waals surface area contributed by atoms with Crippen molar-refractivity contribution in [2.24, 2.45) is 0 Å². The van der Waals surface area contributed by atoms with Crippen molar-refractivity contribution in [3.05, 3.63) is 120 Å². The summed E-state index contributed by atoms with van der Waals surface area (Å²) in [5, 5.41) is 2.93. The third kappa shape index (κ3) is 5.55. The van der Waals surface area contributed by atoms with Crippen molar-refractivity contribution in [3.8, 4) is 0 Å². The van der Waals surface area contributed by atoms with Gasteiger partial charge in [-0.2, -0.15) is 0 Å². The molecule has 0 saturated carbocycles. The topological polar surface area (TPSA) is 66.5 Å². The second kappa shape index (κ2) is 10.8. The van der Waals surface area contributed by atoms with Crippen LogP contribution in [0.4, 0.5) is 10.1 Å². The minimum Gasteiger partial charge on any atom is -0.352 e. The zero-order valence-electron chi connectivity index (χ0n) is 19.9. The van der Waals surface area contributed by atoms with Gasteiger partial charge < -0.3 is 5.32 Å². The molecule has 5 nitrogen and oxygen atoms in total. The summed E-state index contributed by atoms with van der Waals surface area (Å²) in [5.74, 6) is -0.713. The Morgan fingerprint density at radius 3 is 2.43 bits per heavy atom. The molecule has 1 amide bonds. The largest absolute Gasteiger partial charge is 0.352 e. The smallest absolute Gasteiger partial charge is 0.264 e. The highest BCUT2D eigenvalue weighted by Gasteiger charge is 2.31. The van der Waals surface area contributed by atoms with Gasteiger partial charge in [0.1, 0.15) is 5.82 Å². The van der Waals surface area contributed by atoms with Crippen LogP contribution in [0.25, 0.3) is 0 Å². The highest BCUT2D eigenvalue weighted by molar-refractivity contribution is 7.99. The van der Waals surface area contributed by atoms with Gasteiger partial charge in [-0.15, -0.1) is 0 Å². The Hall–Kier alpha value is -3.62. The summed E-state index contributed by atoms with van der Waals surface area (Å²) in [6.07, 6.45) is 1.29. The van der Waals surface area contributed by atoms with Crippen LogP contribution in [0.15, 0.2) is 112 Å². The van der Waals surface area contributed by atoms with E-state index in [2.05, 4.69) is 5.32 Å². The van der Waals surface area contributed by atoms with E-state index in [1.165, 1.54) is 40.3 Å². The van der Waals surface area contributed by atoms with Gasteiger partial charge in [-0.05, 0) is 72.5 Å². The Bertz CT molecular complexity index is 1520. The van der Waals surface area contributed by atoms with Crippen molar-refractivity contribution in [1.82, 2.24) is 5.32 Å². The number of hydrogen-bond acceptors (Lipinski definition) is 4. The van der Waals surface area contributed by atoms with Gasteiger partial charge in [0, 0.05) is 22.9 Å². The van der Waals surface area contributed by atoms with Gasteiger partial charge in [-0.3, -0.25) is 9.10 Å². The number of anilines is 1. The van der Waals surface area contributed by atoms with Crippen molar-refractivity contribution in [2.45, 2.75) is 27.5 Å². The van der Waals surface area contributed by atoms with Crippen molar-refractivity contribution >= 4 is 33.4 Å². The van der Waals surface area contributed by atoms with Crippen LogP contribution in [0, 0.1) is 5.82 Å². The molecule has 0 aromatic heterocycles. The second-order valence-electron chi connectivity index (χ2n) is 8.66. The number of benzene rings is 4. The highest BCUT2D eigenvalue weighted by atomic mass is 32.2. The lowest BCUT2D eigenvalue weighted by Gasteiger charge is -2.20. The average Bonchev–Trinajstić information content (AvgIpc) is 3.36. The molecule has 0 spiro atoms. The van der Waals surface area contributed by atoms with Gasteiger partial charge in [0.15, 0.2) is 0 Å². The zero-order chi connectivity index (χ0) is 25.8. The van der Waals surface area contributed by atoms with E-state index in [4.69, 9.17) is 0 Å². The molecular weight excluding hydrogens is 507 g/mol. The highest BCUT2D eigenvalue weighted by Crippen LogP contribution is 2.36. The van der Waals surface area contributed by atoms with Crippen molar-refractivity contribution < 1.29 is 17.6 Å². The van der Waals surface area contributed by atoms with Crippen LogP contribution >= 0.6 is 11.8 Å². The van der Waals surface area contributed by atoms with Crippen molar-refractivity contribution in [1.29, 1.82) is 0 Å². The van der Waals surface area contributed by atoms with Crippen LogP contribution in [0.5, 0.6) is 0 Å². The number of nitrogens with one attached hydrogen (secondary N) is 1. The summed E-state index contributed by atoms with van der Waals surface area (Å²) in [5.41, 5.74) is 3.00. The summed E-state index contributed by atoms with van der Waals surface area (Å²) in [7, 11) is -3.87. The fraction of sp³-hybridized carbons (Fsp3) is 0.138. The minimum absolute atomic E-state index is 0.0564. The minimum atomic E-state index is -3.87. The number of sulfonamides is 1. The van der Waals surface area contributed by atoms with Crippen LogP contribution in [-0.2, 0) is 22.9 Å². The molecular formula is C29H25FN2O3S2. The summed E-state index contributed by atoms with van der Waals surface area (Å²) >= 11 is 1.29. The molecule has 188 valence electrons. The molecule has 4 aromatic carbocycles. The van der Waals surface area contributed by atoms with Gasteiger partial charge >= 0.3 is 0 Å². The van der Waals surface area contributed by atoms with Crippen molar-refractivity contribution in [3.63, 3.8) is 0 Å². The second-order valence-corrected chi connectivity index (χ2v) is 11.6. The van der Waals surface area contributed by atoms with Crippen LogP contribution in [0.1, 0.15) is 21.5 Å². The SMILES string of the molecule is O=C(NCCc1ccccc1)c1cc(S(=O)(=O)N2CCc3ccccc32)ccc1Sc1ccc(F)cc1. The van der Waals surface area contributed by atoms with E-state index in [0.29, 0.717) is 36.5 Å². The maximum atomic E-state index is 13.6. The van der Waals surface area contributed by atoms with Crippen LogP contribution in [0.3, 0.4) is 0 Å². The molecule has 0 fully saturated rings. The molecule has 0 aliphatic carbocycles. The first-order valence-electron chi connectivity index (χ1n) is 11.9. The number of fused-ring (bicyclic) bond motifs is 1. The fourth-order valence-electron chi connectivity index (χ4n) is 4.31. The first-order valence-corrected chi connectivity index (χ1v) is 14.2. The fourth-order valence-corrected chi connectivity index (χ4v) is 6.76. The lowest BCUT2D eigenvalue weighted by molar-refractivity contribution is 0.0951. The first kappa shape index (κ1) is 25.0. The van der Waals surface area contributed by atoms with Gasteiger partial charge in [0.25, 0.3) is 15.9 Å².